The smallest absolute Gasteiger partial charge is 0.236 e. The molecule has 3 aromatic rings. The molecule has 0 aromatic carbocycles. The summed E-state index contributed by atoms with van der Waals surface area (Å²) in [6.45, 7) is 2.30. The van der Waals surface area contributed by atoms with Crippen LogP contribution < -0.4 is 5.32 Å². The highest BCUT2D eigenvalue weighted by Crippen LogP contribution is 2.40. The van der Waals surface area contributed by atoms with Crippen molar-refractivity contribution in [1.82, 2.24) is 15.0 Å². The quantitative estimate of drug-likeness (QED) is 0.550. The van der Waals surface area contributed by atoms with Gasteiger partial charge in [0.2, 0.25) is 5.91 Å². The molecule has 1 N–H and O–H groups in total. The number of rotatable bonds is 4. The highest BCUT2D eigenvalue weighted by atomic mass is 32.2. The number of carbonyl (C=O) groups excluding carboxylic acids is 1. The van der Waals surface area contributed by atoms with Gasteiger partial charge in [0.05, 0.1) is 5.75 Å². The Hall–Kier alpha value is -1.51. The molecule has 0 saturated carbocycles. The van der Waals surface area contributed by atoms with Crippen molar-refractivity contribution in [2.75, 3.05) is 11.1 Å². The molecule has 4 rings (SSSR count). The normalized spacial score (nSPS) is 17.0. The number of nitrogens with one attached hydrogen (secondary N) is 1. The molecule has 1 atom stereocenters. The van der Waals surface area contributed by atoms with E-state index in [9.17, 15) is 4.79 Å². The molecule has 5 nitrogen and oxygen atoms in total. The lowest BCUT2D eigenvalue weighted by atomic mass is 9.89. The lowest BCUT2D eigenvalue weighted by Crippen LogP contribution is -2.14. The van der Waals surface area contributed by atoms with Gasteiger partial charge in [0.1, 0.15) is 16.2 Å². The van der Waals surface area contributed by atoms with Crippen LogP contribution in [-0.4, -0.2) is 26.6 Å². The van der Waals surface area contributed by atoms with E-state index in [2.05, 4.69) is 27.2 Å². The lowest BCUT2D eigenvalue weighted by molar-refractivity contribution is -0.113. The summed E-state index contributed by atoms with van der Waals surface area (Å²) in [6.07, 6.45) is 6.71. The van der Waals surface area contributed by atoms with E-state index in [0.29, 0.717) is 10.9 Å². The van der Waals surface area contributed by atoms with E-state index in [4.69, 9.17) is 0 Å². The summed E-state index contributed by atoms with van der Waals surface area (Å²) in [5.74, 6) is 1.00. The Balaban J connectivity index is 1.55. The van der Waals surface area contributed by atoms with Gasteiger partial charge in [-0.3, -0.25) is 4.79 Å². The Morgan fingerprint density at radius 3 is 3.17 bits per heavy atom. The number of thiazole rings is 1. The van der Waals surface area contributed by atoms with Gasteiger partial charge >= 0.3 is 0 Å². The predicted molar refractivity (Wildman–Crippen MR) is 100 cm³/mol. The first-order valence-electron chi connectivity index (χ1n) is 7.78. The molecule has 8 heteroatoms. The molecule has 124 valence electrons. The highest BCUT2D eigenvalue weighted by Gasteiger charge is 2.23. The van der Waals surface area contributed by atoms with Crippen molar-refractivity contribution in [2.45, 2.75) is 31.2 Å². The van der Waals surface area contributed by atoms with Crippen LogP contribution in [0.3, 0.4) is 0 Å². The Kier molecular flexibility index (Phi) is 4.51. The third kappa shape index (κ3) is 3.18. The summed E-state index contributed by atoms with van der Waals surface area (Å²) < 4.78 is 0. The monoisotopic (exact) mass is 376 g/mol. The first-order valence-corrected chi connectivity index (χ1v) is 10.5. The van der Waals surface area contributed by atoms with Gasteiger partial charge in [0.15, 0.2) is 5.13 Å². The maximum Gasteiger partial charge on any atom is 0.236 e. The number of nitrogens with zero attached hydrogens (tertiary/aromatic N) is 3. The third-order valence-electron chi connectivity index (χ3n) is 4.08. The molecule has 0 aliphatic heterocycles. The average Bonchev–Trinajstić information content (AvgIpc) is 3.19. The highest BCUT2D eigenvalue weighted by molar-refractivity contribution is 8.00. The summed E-state index contributed by atoms with van der Waals surface area (Å²) in [4.78, 5) is 27.5. The zero-order valence-electron chi connectivity index (χ0n) is 13.1. The average molecular weight is 377 g/mol. The number of thioether (sulfide) groups is 1. The molecule has 1 aliphatic rings. The second-order valence-corrected chi connectivity index (χ2v) is 8.83. The number of fused-ring (bicyclic) bond motifs is 3. The summed E-state index contributed by atoms with van der Waals surface area (Å²) >= 11 is 4.68. The van der Waals surface area contributed by atoms with Crippen LogP contribution >= 0.6 is 34.4 Å². The molecule has 0 fully saturated rings. The van der Waals surface area contributed by atoms with Crippen LogP contribution in [0.15, 0.2) is 22.9 Å². The number of hydrogen-bond acceptors (Lipinski definition) is 7. The first kappa shape index (κ1) is 16.0. The molecule has 3 heterocycles. The zero-order chi connectivity index (χ0) is 16.5. The van der Waals surface area contributed by atoms with Crippen LogP contribution in [-0.2, 0) is 17.6 Å². The van der Waals surface area contributed by atoms with E-state index in [1.54, 1.807) is 23.9 Å². The molecule has 0 spiro atoms. The largest absolute Gasteiger partial charge is 0.301 e. The zero-order valence-corrected chi connectivity index (χ0v) is 15.6. The van der Waals surface area contributed by atoms with Crippen molar-refractivity contribution in [2.24, 2.45) is 5.92 Å². The maximum absolute atomic E-state index is 12.1. The minimum atomic E-state index is -0.0561. The minimum Gasteiger partial charge on any atom is -0.301 e. The van der Waals surface area contributed by atoms with Crippen LogP contribution in [0.5, 0.6) is 0 Å². The molecule has 0 radical (unpaired) electrons. The number of aryl methyl sites for hydroxylation is 1. The number of aromatic nitrogens is 3. The van der Waals surface area contributed by atoms with Gasteiger partial charge in [-0.1, -0.05) is 18.7 Å². The molecule has 1 aliphatic carbocycles. The van der Waals surface area contributed by atoms with Gasteiger partial charge < -0.3 is 5.32 Å². The lowest BCUT2D eigenvalue weighted by Gasteiger charge is -2.18. The van der Waals surface area contributed by atoms with Crippen molar-refractivity contribution in [3.05, 3.63) is 28.3 Å². The van der Waals surface area contributed by atoms with Crippen LogP contribution in [0, 0.1) is 5.92 Å². The Labute approximate surface area is 151 Å². The fourth-order valence-corrected chi connectivity index (χ4v) is 5.72. The van der Waals surface area contributed by atoms with Crippen LogP contribution in [0.2, 0.25) is 0 Å². The molecule has 0 bridgehead atoms. The van der Waals surface area contributed by atoms with Crippen LogP contribution in [0.1, 0.15) is 23.8 Å². The summed E-state index contributed by atoms with van der Waals surface area (Å²) in [7, 11) is 0. The fraction of sp³-hybridized carbons (Fsp3) is 0.375. The predicted octanol–water partition coefficient (Wildman–Crippen LogP) is 4.00. The number of anilines is 1. The molecule has 0 saturated heterocycles. The SMILES string of the molecule is C[C@@H]1CCc2c(sc3ncnc(SCC(=O)Nc4nccs4)c23)C1. The standard InChI is InChI=1S/C16H16N4OS3/c1-9-2-3-10-11(6-9)24-15-13(10)14(18-8-19-15)23-7-12(21)20-16-17-4-5-22-16/h4-5,8-9H,2-3,6-7H2,1H3,(H,17,20,21)/t9-/m1/s1. The van der Waals surface area contributed by atoms with Crippen LogP contribution in [0.25, 0.3) is 10.2 Å². The van der Waals surface area contributed by atoms with Crippen molar-refractivity contribution < 1.29 is 4.79 Å². The van der Waals surface area contributed by atoms with Gasteiger partial charge in [-0.15, -0.1) is 22.7 Å². The summed E-state index contributed by atoms with van der Waals surface area (Å²) in [6, 6.07) is 0. The first-order chi connectivity index (χ1) is 11.7. The van der Waals surface area contributed by atoms with Crippen molar-refractivity contribution >= 4 is 55.7 Å². The van der Waals surface area contributed by atoms with Gasteiger partial charge in [-0.05, 0) is 30.7 Å². The number of thiophene rings is 1. The Morgan fingerprint density at radius 2 is 2.33 bits per heavy atom. The van der Waals surface area contributed by atoms with E-state index in [0.717, 1.165) is 34.0 Å². The van der Waals surface area contributed by atoms with E-state index < -0.39 is 0 Å². The topological polar surface area (TPSA) is 67.8 Å². The molecule has 3 aromatic heterocycles. The van der Waals surface area contributed by atoms with Crippen LogP contribution in [0.4, 0.5) is 5.13 Å². The van der Waals surface area contributed by atoms with Crippen molar-refractivity contribution in [3.8, 4) is 0 Å². The minimum absolute atomic E-state index is 0.0561. The van der Waals surface area contributed by atoms with Gasteiger partial charge in [0, 0.05) is 21.8 Å². The van der Waals surface area contributed by atoms with Crippen molar-refractivity contribution in [1.29, 1.82) is 0 Å². The molecular formula is C16H16N4OS3. The van der Waals surface area contributed by atoms with Gasteiger partial charge in [-0.25, -0.2) is 15.0 Å². The second-order valence-electron chi connectivity index (χ2n) is 5.88. The van der Waals surface area contributed by atoms with E-state index in [1.807, 2.05) is 5.38 Å². The third-order valence-corrected chi connectivity index (χ3v) is 6.92. The fourth-order valence-electron chi connectivity index (χ4n) is 2.93. The van der Waals surface area contributed by atoms with E-state index in [-0.39, 0.29) is 5.91 Å². The molecule has 0 unspecified atom stereocenters. The summed E-state index contributed by atoms with van der Waals surface area (Å²) in [5.41, 5.74) is 1.40. The second kappa shape index (κ2) is 6.78. The Bertz CT molecular complexity index is 875. The van der Waals surface area contributed by atoms with Gasteiger partial charge in [0.25, 0.3) is 0 Å². The van der Waals surface area contributed by atoms with Crippen molar-refractivity contribution in [3.63, 3.8) is 0 Å². The molecule has 1 amide bonds. The Morgan fingerprint density at radius 1 is 1.42 bits per heavy atom. The number of hydrogen-bond donors (Lipinski definition) is 1. The van der Waals surface area contributed by atoms with E-state index >= 15 is 0 Å². The van der Waals surface area contributed by atoms with E-state index in [1.165, 1.54) is 40.0 Å². The number of amides is 1. The number of carbonyl (C=O) groups is 1. The maximum atomic E-state index is 12.1. The molecular weight excluding hydrogens is 360 g/mol. The molecule has 24 heavy (non-hydrogen) atoms. The van der Waals surface area contributed by atoms with Gasteiger partial charge in [-0.2, -0.15) is 0 Å². The summed E-state index contributed by atoms with van der Waals surface area (Å²) in [5, 5.41) is 7.37.